The Kier molecular flexibility index (Phi) is 8.16. The molecule has 0 saturated heterocycles. The molecular weight excluding hydrogens is 377 g/mol. The standard InChI is InChI=1S/C5H13O14P3/c6-1-3(7)5(9)4(8)2-17-21(13,14)19-22(15,16)18-20(10,11)12/h4-6,8-9H,1-2H2,(H,13,14)(H,15,16)(H2,10,11,12)/t4-,5-/m1/s1. The first-order chi connectivity index (χ1) is 9.69. The van der Waals surface area contributed by atoms with Crippen molar-refractivity contribution in [2.24, 2.45) is 0 Å². The Labute approximate surface area is 122 Å². The van der Waals surface area contributed by atoms with Crippen LogP contribution in [0.25, 0.3) is 0 Å². The number of aliphatic hydroxyl groups is 3. The molecule has 0 aromatic heterocycles. The van der Waals surface area contributed by atoms with Gasteiger partial charge in [0, 0.05) is 0 Å². The van der Waals surface area contributed by atoms with Crippen molar-refractivity contribution >= 4 is 29.3 Å². The fourth-order valence-corrected chi connectivity index (χ4v) is 3.91. The minimum atomic E-state index is -5.70. The maximum atomic E-state index is 11.2. The molecule has 0 aliphatic rings. The van der Waals surface area contributed by atoms with Crippen LogP contribution in [0.3, 0.4) is 0 Å². The average molecular weight is 390 g/mol. The van der Waals surface area contributed by atoms with Crippen LogP contribution in [0, 0.1) is 0 Å². The Hall–Kier alpha value is -0.0400. The molecular formula is C5H13O14P3. The van der Waals surface area contributed by atoms with Crippen molar-refractivity contribution in [1.29, 1.82) is 0 Å². The summed E-state index contributed by atoms with van der Waals surface area (Å²) in [7, 11) is -16.7. The molecule has 7 N–H and O–H groups in total. The molecule has 0 heterocycles. The summed E-state index contributed by atoms with van der Waals surface area (Å²) in [5.74, 6) is -1.25. The normalized spacial score (nSPS) is 20.7. The fourth-order valence-electron chi connectivity index (χ4n) is 0.873. The van der Waals surface area contributed by atoms with Crippen molar-refractivity contribution in [3.8, 4) is 0 Å². The van der Waals surface area contributed by atoms with E-state index in [1.54, 1.807) is 0 Å². The number of carbonyl (C=O) groups is 1. The van der Waals surface area contributed by atoms with Gasteiger partial charge in [0.25, 0.3) is 0 Å². The molecule has 0 rings (SSSR count). The lowest BCUT2D eigenvalue weighted by Crippen LogP contribution is -2.38. The van der Waals surface area contributed by atoms with Gasteiger partial charge in [-0.25, -0.2) is 13.7 Å². The fraction of sp³-hybridized carbons (Fsp3) is 0.800. The molecule has 14 nitrogen and oxygen atoms in total. The number of rotatable bonds is 10. The third-order valence-electron chi connectivity index (χ3n) is 1.67. The predicted molar refractivity (Wildman–Crippen MR) is 63.9 cm³/mol. The van der Waals surface area contributed by atoms with E-state index in [2.05, 4.69) is 13.1 Å². The summed E-state index contributed by atoms with van der Waals surface area (Å²) in [5, 5.41) is 26.7. The van der Waals surface area contributed by atoms with Gasteiger partial charge < -0.3 is 34.9 Å². The molecule has 0 aliphatic carbocycles. The van der Waals surface area contributed by atoms with Crippen molar-refractivity contribution in [3.63, 3.8) is 0 Å². The molecule has 0 radical (unpaired) electrons. The number of phosphoric ester groups is 1. The lowest BCUT2D eigenvalue weighted by molar-refractivity contribution is -0.137. The van der Waals surface area contributed by atoms with E-state index in [1.807, 2.05) is 0 Å². The summed E-state index contributed by atoms with van der Waals surface area (Å²) < 4.78 is 43.1. The highest BCUT2D eigenvalue weighted by Gasteiger charge is 2.41. The Balaban J connectivity index is 4.66. The van der Waals surface area contributed by atoms with E-state index in [1.165, 1.54) is 0 Å². The monoisotopic (exact) mass is 390 g/mol. The Morgan fingerprint density at radius 2 is 1.45 bits per heavy atom. The van der Waals surface area contributed by atoms with Crippen LogP contribution in [-0.4, -0.2) is 66.1 Å². The van der Waals surface area contributed by atoms with Gasteiger partial charge in [-0.1, -0.05) is 0 Å². The number of hydrogen-bond donors (Lipinski definition) is 7. The number of Topliss-reactive ketones (excluding diaryl/α,β-unsaturated/α-hetero) is 1. The van der Waals surface area contributed by atoms with Crippen LogP contribution < -0.4 is 0 Å². The molecule has 0 saturated carbocycles. The van der Waals surface area contributed by atoms with Gasteiger partial charge in [-0.2, -0.15) is 8.62 Å². The zero-order valence-corrected chi connectivity index (χ0v) is 13.1. The van der Waals surface area contributed by atoms with Crippen LogP contribution in [-0.2, 0) is 31.6 Å². The van der Waals surface area contributed by atoms with Crippen LogP contribution >= 0.6 is 23.5 Å². The molecule has 0 aliphatic heterocycles. The minimum absolute atomic E-state index is 1.15. The van der Waals surface area contributed by atoms with Gasteiger partial charge in [-0.15, -0.1) is 0 Å². The zero-order chi connectivity index (χ0) is 17.8. The van der Waals surface area contributed by atoms with E-state index in [9.17, 15) is 23.6 Å². The first kappa shape index (κ1) is 22.0. The Bertz CT molecular complexity index is 523. The van der Waals surface area contributed by atoms with Crippen molar-refractivity contribution in [2.45, 2.75) is 12.2 Å². The first-order valence-electron chi connectivity index (χ1n) is 4.97. The molecule has 0 amide bonds. The summed E-state index contributed by atoms with van der Waals surface area (Å²) >= 11 is 0. The molecule has 17 heteroatoms. The van der Waals surface area contributed by atoms with Crippen LogP contribution in [0.5, 0.6) is 0 Å². The Morgan fingerprint density at radius 1 is 0.955 bits per heavy atom. The van der Waals surface area contributed by atoms with Crippen molar-refractivity contribution in [2.75, 3.05) is 13.2 Å². The molecule has 0 aromatic rings. The molecule has 4 atom stereocenters. The van der Waals surface area contributed by atoms with Crippen molar-refractivity contribution < 1.29 is 66.5 Å². The topological polar surface area (TPSA) is 238 Å². The number of ketones is 1. The smallest absolute Gasteiger partial charge is 0.388 e. The van der Waals surface area contributed by atoms with Crippen molar-refractivity contribution in [3.05, 3.63) is 0 Å². The highest BCUT2D eigenvalue weighted by Crippen LogP contribution is 2.66. The molecule has 2 unspecified atom stereocenters. The summed E-state index contributed by atoms with van der Waals surface area (Å²) in [4.78, 5) is 45.1. The highest BCUT2D eigenvalue weighted by atomic mass is 31.3. The maximum absolute atomic E-state index is 11.2. The third kappa shape index (κ3) is 9.18. The van der Waals surface area contributed by atoms with Crippen LogP contribution in [0.1, 0.15) is 0 Å². The summed E-state index contributed by atoms with van der Waals surface area (Å²) in [6.45, 7) is -2.41. The summed E-state index contributed by atoms with van der Waals surface area (Å²) in [5.41, 5.74) is 0. The summed E-state index contributed by atoms with van der Waals surface area (Å²) in [6, 6.07) is 0. The second-order valence-electron chi connectivity index (χ2n) is 3.52. The van der Waals surface area contributed by atoms with Gasteiger partial charge >= 0.3 is 23.5 Å². The van der Waals surface area contributed by atoms with Gasteiger partial charge in [0.15, 0.2) is 5.78 Å². The first-order valence-corrected chi connectivity index (χ1v) is 9.49. The maximum Gasteiger partial charge on any atom is 0.490 e. The lowest BCUT2D eigenvalue weighted by atomic mass is 10.1. The largest absolute Gasteiger partial charge is 0.490 e. The Morgan fingerprint density at radius 3 is 1.86 bits per heavy atom. The van der Waals surface area contributed by atoms with E-state index in [0.29, 0.717) is 0 Å². The van der Waals surface area contributed by atoms with E-state index in [-0.39, 0.29) is 0 Å². The SMILES string of the molecule is O=C(CO)[C@@H](O)[C@H](O)COP(=O)(O)OP(=O)(O)OP(=O)(O)O. The van der Waals surface area contributed by atoms with E-state index in [0.717, 1.165) is 0 Å². The molecule has 132 valence electrons. The molecule has 0 bridgehead atoms. The zero-order valence-electron chi connectivity index (χ0n) is 10.4. The number of aliphatic hydroxyl groups excluding tert-OH is 3. The quantitative estimate of drug-likeness (QED) is 0.193. The molecule has 0 spiro atoms. The number of carbonyl (C=O) groups excluding carboxylic acids is 1. The minimum Gasteiger partial charge on any atom is -0.388 e. The highest BCUT2D eigenvalue weighted by molar-refractivity contribution is 7.66. The molecule has 0 fully saturated rings. The summed E-state index contributed by atoms with van der Waals surface area (Å²) in [6.07, 6.45) is -4.29. The van der Waals surface area contributed by atoms with Gasteiger partial charge in [0.05, 0.1) is 6.61 Å². The second kappa shape index (κ2) is 8.18. The molecule has 22 heavy (non-hydrogen) atoms. The van der Waals surface area contributed by atoms with Crippen LogP contribution in [0.4, 0.5) is 0 Å². The van der Waals surface area contributed by atoms with Crippen LogP contribution in [0.2, 0.25) is 0 Å². The predicted octanol–water partition coefficient (Wildman–Crippen LogP) is -2.39. The van der Waals surface area contributed by atoms with Crippen molar-refractivity contribution in [1.82, 2.24) is 0 Å². The number of hydrogen-bond acceptors (Lipinski definition) is 10. The van der Waals surface area contributed by atoms with Gasteiger partial charge in [0.1, 0.15) is 18.8 Å². The van der Waals surface area contributed by atoms with E-state index >= 15 is 0 Å². The van der Waals surface area contributed by atoms with E-state index < -0.39 is 54.7 Å². The average Bonchev–Trinajstić information content (AvgIpc) is 2.29. The van der Waals surface area contributed by atoms with Gasteiger partial charge in [0.2, 0.25) is 0 Å². The van der Waals surface area contributed by atoms with Gasteiger partial charge in [-0.3, -0.25) is 9.32 Å². The third-order valence-corrected chi connectivity index (χ3v) is 5.48. The molecule has 0 aromatic carbocycles. The van der Waals surface area contributed by atoms with Gasteiger partial charge in [-0.05, 0) is 0 Å². The number of phosphoric acid groups is 3. The van der Waals surface area contributed by atoms with E-state index in [4.69, 9.17) is 29.8 Å². The second-order valence-corrected chi connectivity index (χ2v) is 7.94. The van der Waals surface area contributed by atoms with Crippen LogP contribution in [0.15, 0.2) is 0 Å². The lowest BCUT2D eigenvalue weighted by Gasteiger charge is -2.19.